The molecule has 7 nitrogen and oxygen atoms in total. The van der Waals surface area contributed by atoms with Crippen molar-refractivity contribution in [1.29, 1.82) is 0 Å². The molecule has 0 saturated heterocycles. The van der Waals surface area contributed by atoms with Gasteiger partial charge in [0.05, 0.1) is 33.5 Å². The van der Waals surface area contributed by atoms with Crippen LogP contribution in [0.15, 0.2) is 42.5 Å². The van der Waals surface area contributed by atoms with Crippen LogP contribution < -0.4 is 18.9 Å². The van der Waals surface area contributed by atoms with Crippen LogP contribution in [0.2, 0.25) is 0 Å². The molecule has 7 heteroatoms. The van der Waals surface area contributed by atoms with E-state index in [1.807, 2.05) is 6.07 Å². The number of hydrogen-bond acceptors (Lipinski definition) is 7. The van der Waals surface area contributed by atoms with Crippen molar-refractivity contribution in [2.45, 2.75) is 13.8 Å². The van der Waals surface area contributed by atoms with Crippen molar-refractivity contribution in [2.75, 3.05) is 27.9 Å². The van der Waals surface area contributed by atoms with Crippen molar-refractivity contribution in [3.05, 3.63) is 53.6 Å². The lowest BCUT2D eigenvalue weighted by atomic mass is 10.2. The molecular formula is C23H26O7. The lowest BCUT2D eigenvalue weighted by Gasteiger charge is -2.12. The third-order valence-corrected chi connectivity index (χ3v) is 3.97. The predicted octanol–water partition coefficient (Wildman–Crippen LogP) is 4.14. The van der Waals surface area contributed by atoms with Crippen LogP contribution in [0.4, 0.5) is 0 Å². The average Bonchev–Trinajstić information content (AvgIpc) is 2.75. The minimum absolute atomic E-state index is 0.190. The van der Waals surface area contributed by atoms with E-state index in [2.05, 4.69) is 18.6 Å². The highest BCUT2D eigenvalue weighted by Gasteiger charge is 2.13. The summed E-state index contributed by atoms with van der Waals surface area (Å²) in [6.45, 7) is 4.70. The molecule has 160 valence electrons. The number of methoxy groups -OCH3 is 3. The first-order valence-electron chi connectivity index (χ1n) is 9.35. The molecule has 0 amide bonds. The highest BCUT2D eigenvalue weighted by atomic mass is 16.6. The minimum Gasteiger partial charge on any atom is -0.493 e. The molecule has 2 aromatic rings. The van der Waals surface area contributed by atoms with E-state index in [0.29, 0.717) is 24.0 Å². The number of ether oxygens (including phenoxy) is 5. The Balaban J connectivity index is 2.10. The van der Waals surface area contributed by atoms with Crippen molar-refractivity contribution in [2.24, 2.45) is 5.92 Å². The SMILES string of the molecule is COC(=O)c1ccc(OC(=O)/C=C/c2ccc(OCC(C)C)c(OC)c2)c(OC)c1. The quantitative estimate of drug-likeness (QED) is 0.346. The van der Waals surface area contributed by atoms with Gasteiger partial charge in [0.1, 0.15) is 0 Å². The summed E-state index contributed by atoms with van der Waals surface area (Å²) < 4.78 is 26.2. The first-order valence-corrected chi connectivity index (χ1v) is 9.35. The van der Waals surface area contributed by atoms with Gasteiger partial charge in [0.15, 0.2) is 23.0 Å². The zero-order chi connectivity index (χ0) is 22.1. The molecule has 2 rings (SSSR count). The van der Waals surface area contributed by atoms with Crippen LogP contribution in [0.1, 0.15) is 29.8 Å². The van der Waals surface area contributed by atoms with Crippen molar-refractivity contribution in [3.8, 4) is 23.0 Å². The monoisotopic (exact) mass is 414 g/mol. The van der Waals surface area contributed by atoms with E-state index in [0.717, 1.165) is 5.56 Å². The van der Waals surface area contributed by atoms with Crippen LogP contribution in [0.5, 0.6) is 23.0 Å². The second-order valence-electron chi connectivity index (χ2n) is 6.73. The van der Waals surface area contributed by atoms with Gasteiger partial charge in [-0.2, -0.15) is 0 Å². The molecule has 0 N–H and O–H groups in total. The van der Waals surface area contributed by atoms with E-state index in [1.165, 1.54) is 38.5 Å². The van der Waals surface area contributed by atoms with Gasteiger partial charge in [0.25, 0.3) is 0 Å². The fourth-order valence-electron chi connectivity index (χ4n) is 2.47. The Hall–Kier alpha value is -3.48. The number of hydrogen-bond donors (Lipinski definition) is 0. The zero-order valence-corrected chi connectivity index (χ0v) is 17.8. The van der Waals surface area contributed by atoms with Gasteiger partial charge in [0.2, 0.25) is 0 Å². The van der Waals surface area contributed by atoms with Crippen molar-refractivity contribution in [1.82, 2.24) is 0 Å². The number of carbonyl (C=O) groups excluding carboxylic acids is 2. The smallest absolute Gasteiger partial charge is 0.337 e. The van der Waals surface area contributed by atoms with Gasteiger partial charge in [-0.15, -0.1) is 0 Å². The van der Waals surface area contributed by atoms with E-state index in [9.17, 15) is 9.59 Å². The summed E-state index contributed by atoms with van der Waals surface area (Å²) in [5.74, 6) is 0.928. The van der Waals surface area contributed by atoms with Gasteiger partial charge < -0.3 is 23.7 Å². The van der Waals surface area contributed by atoms with Crippen LogP contribution in [-0.4, -0.2) is 39.9 Å². The molecule has 0 unspecified atom stereocenters. The molecule has 0 fully saturated rings. The second kappa shape index (κ2) is 10.9. The Bertz CT molecular complexity index is 916. The maximum atomic E-state index is 12.2. The lowest BCUT2D eigenvalue weighted by Crippen LogP contribution is -2.07. The summed E-state index contributed by atoms with van der Waals surface area (Å²) in [7, 11) is 4.26. The molecule has 0 aliphatic heterocycles. The van der Waals surface area contributed by atoms with E-state index in [1.54, 1.807) is 25.3 Å². The fourth-order valence-corrected chi connectivity index (χ4v) is 2.47. The maximum absolute atomic E-state index is 12.2. The molecule has 0 aliphatic rings. The molecule has 0 spiro atoms. The third kappa shape index (κ3) is 6.27. The Labute approximate surface area is 176 Å². The summed E-state index contributed by atoms with van der Waals surface area (Å²) >= 11 is 0. The average molecular weight is 414 g/mol. The van der Waals surface area contributed by atoms with Crippen LogP contribution >= 0.6 is 0 Å². The topological polar surface area (TPSA) is 80.3 Å². The van der Waals surface area contributed by atoms with E-state index in [4.69, 9.17) is 18.9 Å². The van der Waals surface area contributed by atoms with Crippen molar-refractivity contribution in [3.63, 3.8) is 0 Å². The molecule has 0 atom stereocenters. The van der Waals surface area contributed by atoms with E-state index in [-0.39, 0.29) is 17.1 Å². The highest BCUT2D eigenvalue weighted by Crippen LogP contribution is 2.30. The highest BCUT2D eigenvalue weighted by molar-refractivity contribution is 5.91. The standard InChI is InChI=1S/C23H26O7/c1-15(2)14-29-18-9-6-16(12-20(18)26-3)7-11-22(24)30-19-10-8-17(23(25)28-5)13-21(19)27-4/h6-13,15H,14H2,1-5H3/b11-7+. The molecule has 0 aromatic heterocycles. The Morgan fingerprint density at radius 3 is 2.20 bits per heavy atom. The lowest BCUT2D eigenvalue weighted by molar-refractivity contribution is -0.129. The number of benzene rings is 2. The molecule has 0 radical (unpaired) electrons. The predicted molar refractivity (Wildman–Crippen MR) is 112 cm³/mol. The molecule has 30 heavy (non-hydrogen) atoms. The molecule has 0 heterocycles. The second-order valence-corrected chi connectivity index (χ2v) is 6.73. The number of esters is 2. The number of carbonyl (C=O) groups is 2. The van der Waals surface area contributed by atoms with Gasteiger partial charge in [0, 0.05) is 6.08 Å². The first-order chi connectivity index (χ1) is 14.4. The molecule has 2 aromatic carbocycles. The molecule has 0 saturated carbocycles. The summed E-state index contributed by atoms with van der Waals surface area (Å²) in [4.78, 5) is 23.8. The van der Waals surface area contributed by atoms with Gasteiger partial charge in [-0.3, -0.25) is 0 Å². The normalized spacial score (nSPS) is 10.7. The Kier molecular flexibility index (Phi) is 8.29. The van der Waals surface area contributed by atoms with Gasteiger partial charge in [-0.1, -0.05) is 19.9 Å². The zero-order valence-electron chi connectivity index (χ0n) is 17.8. The minimum atomic E-state index is -0.599. The summed E-state index contributed by atoms with van der Waals surface area (Å²) in [6.07, 6.45) is 2.89. The van der Waals surface area contributed by atoms with Gasteiger partial charge in [-0.25, -0.2) is 9.59 Å². The van der Waals surface area contributed by atoms with Crippen LogP contribution in [0.3, 0.4) is 0 Å². The Morgan fingerprint density at radius 2 is 1.57 bits per heavy atom. The maximum Gasteiger partial charge on any atom is 0.337 e. The molecular weight excluding hydrogens is 388 g/mol. The van der Waals surface area contributed by atoms with Gasteiger partial charge in [-0.05, 0) is 47.9 Å². The van der Waals surface area contributed by atoms with Crippen LogP contribution in [0.25, 0.3) is 6.08 Å². The van der Waals surface area contributed by atoms with E-state index >= 15 is 0 Å². The van der Waals surface area contributed by atoms with Crippen LogP contribution in [0, 0.1) is 5.92 Å². The van der Waals surface area contributed by atoms with Crippen molar-refractivity contribution >= 4 is 18.0 Å². The largest absolute Gasteiger partial charge is 0.493 e. The summed E-state index contributed by atoms with van der Waals surface area (Å²) in [5.41, 5.74) is 1.03. The van der Waals surface area contributed by atoms with Gasteiger partial charge >= 0.3 is 11.9 Å². The molecule has 0 aliphatic carbocycles. The molecule has 0 bridgehead atoms. The third-order valence-electron chi connectivity index (χ3n) is 3.97. The van der Waals surface area contributed by atoms with E-state index < -0.39 is 11.9 Å². The van der Waals surface area contributed by atoms with Crippen molar-refractivity contribution < 1.29 is 33.3 Å². The first kappa shape index (κ1) is 22.8. The van der Waals surface area contributed by atoms with Crippen LogP contribution in [-0.2, 0) is 9.53 Å². The summed E-state index contributed by atoms with van der Waals surface area (Å²) in [6, 6.07) is 9.78. The Morgan fingerprint density at radius 1 is 0.900 bits per heavy atom. The summed E-state index contributed by atoms with van der Waals surface area (Å²) in [5, 5.41) is 0. The number of rotatable bonds is 9. The fraction of sp³-hybridized carbons (Fsp3) is 0.304.